The van der Waals surface area contributed by atoms with Gasteiger partial charge in [-0.3, -0.25) is 9.48 Å². The summed E-state index contributed by atoms with van der Waals surface area (Å²) < 4.78 is 1.91. The number of hydrogen-bond donors (Lipinski definition) is 2. The Labute approximate surface area is 184 Å². The maximum atomic E-state index is 12.7. The van der Waals surface area contributed by atoms with Crippen LogP contribution in [0.1, 0.15) is 43.2 Å². The van der Waals surface area contributed by atoms with E-state index in [9.17, 15) is 4.79 Å². The van der Waals surface area contributed by atoms with Crippen LogP contribution in [-0.2, 0) is 17.9 Å². The van der Waals surface area contributed by atoms with E-state index in [4.69, 9.17) is 5.73 Å². The molecule has 158 valence electrons. The molecule has 6 heteroatoms. The average Bonchev–Trinajstić information content (AvgIpc) is 3.26. The van der Waals surface area contributed by atoms with Gasteiger partial charge >= 0.3 is 0 Å². The Morgan fingerprint density at radius 2 is 1.77 bits per heavy atom. The molecule has 0 unspecified atom stereocenters. The van der Waals surface area contributed by atoms with Crippen LogP contribution >= 0.6 is 12.4 Å². The third kappa shape index (κ3) is 5.10. The van der Waals surface area contributed by atoms with E-state index in [1.54, 1.807) is 6.20 Å². The molecule has 3 aromatic rings. The Hall–Kier alpha value is -2.63. The lowest BCUT2D eigenvalue weighted by Gasteiger charge is -2.31. The van der Waals surface area contributed by atoms with Gasteiger partial charge in [0, 0.05) is 18.9 Å². The molecule has 0 saturated heterocycles. The normalized spacial score (nSPS) is 15.2. The van der Waals surface area contributed by atoms with Crippen molar-refractivity contribution in [3.8, 4) is 11.1 Å². The second-order valence-electron chi connectivity index (χ2n) is 7.96. The third-order valence-electron chi connectivity index (χ3n) is 5.82. The monoisotopic (exact) mass is 424 g/mol. The molecule has 1 aliphatic carbocycles. The topological polar surface area (TPSA) is 72.9 Å². The zero-order valence-electron chi connectivity index (χ0n) is 17.1. The standard InChI is InChI=1S/C24H28N4O.ClH/c25-24(13-4-1-5-14-24)23(29)26-17-21-7-2-3-8-22(21)20-11-9-19(10-12-20)18-28-16-6-15-27-28;/h2-3,6-12,15-16H,1,4-5,13-14,17-18,25H2,(H,26,29);1H. The van der Waals surface area contributed by atoms with Crippen molar-refractivity contribution in [2.45, 2.75) is 50.7 Å². The van der Waals surface area contributed by atoms with E-state index in [1.165, 1.54) is 12.0 Å². The fraction of sp³-hybridized carbons (Fsp3) is 0.333. The predicted molar refractivity (Wildman–Crippen MR) is 122 cm³/mol. The maximum Gasteiger partial charge on any atom is 0.240 e. The summed E-state index contributed by atoms with van der Waals surface area (Å²) in [5, 5.41) is 7.34. The number of carbonyl (C=O) groups excluding carboxylic acids is 1. The van der Waals surface area contributed by atoms with Crippen molar-refractivity contribution in [3.63, 3.8) is 0 Å². The Morgan fingerprint density at radius 3 is 2.47 bits per heavy atom. The minimum absolute atomic E-state index is 0. The zero-order chi connectivity index (χ0) is 20.1. The van der Waals surface area contributed by atoms with Crippen LogP contribution in [0.4, 0.5) is 0 Å². The van der Waals surface area contributed by atoms with E-state index in [1.807, 2.05) is 29.1 Å². The molecule has 30 heavy (non-hydrogen) atoms. The Morgan fingerprint density at radius 1 is 1.03 bits per heavy atom. The fourth-order valence-corrected chi connectivity index (χ4v) is 4.09. The molecular formula is C24H29ClN4O. The van der Waals surface area contributed by atoms with Gasteiger partial charge in [0.15, 0.2) is 0 Å². The number of nitrogens with two attached hydrogens (primary N) is 1. The predicted octanol–water partition coefficient (Wildman–Crippen LogP) is 4.30. The minimum atomic E-state index is -0.707. The highest BCUT2D eigenvalue weighted by Crippen LogP contribution is 2.27. The van der Waals surface area contributed by atoms with Crippen LogP contribution in [0.5, 0.6) is 0 Å². The van der Waals surface area contributed by atoms with Crippen LogP contribution < -0.4 is 11.1 Å². The number of hydrogen-bond acceptors (Lipinski definition) is 3. The van der Waals surface area contributed by atoms with E-state index in [0.717, 1.165) is 48.9 Å². The van der Waals surface area contributed by atoms with Gasteiger partial charge in [-0.1, -0.05) is 67.8 Å². The minimum Gasteiger partial charge on any atom is -0.350 e. The molecule has 4 rings (SSSR count). The quantitative estimate of drug-likeness (QED) is 0.619. The highest BCUT2D eigenvalue weighted by molar-refractivity contribution is 5.86. The lowest BCUT2D eigenvalue weighted by Crippen LogP contribution is -2.54. The summed E-state index contributed by atoms with van der Waals surface area (Å²) in [5.74, 6) is -0.0263. The van der Waals surface area contributed by atoms with Crippen molar-refractivity contribution >= 4 is 18.3 Å². The first-order valence-corrected chi connectivity index (χ1v) is 10.4. The molecule has 1 aliphatic rings. The lowest BCUT2D eigenvalue weighted by atomic mass is 9.82. The van der Waals surface area contributed by atoms with Gasteiger partial charge in [0.25, 0.3) is 0 Å². The number of benzene rings is 2. The molecule has 0 aliphatic heterocycles. The first kappa shape index (κ1) is 22.1. The Kier molecular flexibility index (Phi) is 7.29. The van der Waals surface area contributed by atoms with E-state index >= 15 is 0 Å². The van der Waals surface area contributed by atoms with E-state index in [-0.39, 0.29) is 18.3 Å². The number of aromatic nitrogens is 2. The van der Waals surface area contributed by atoms with Crippen LogP contribution in [0.25, 0.3) is 11.1 Å². The van der Waals surface area contributed by atoms with Gasteiger partial charge in [-0.25, -0.2) is 0 Å². The lowest BCUT2D eigenvalue weighted by molar-refractivity contribution is -0.127. The molecule has 5 nitrogen and oxygen atoms in total. The summed E-state index contributed by atoms with van der Waals surface area (Å²) in [6.45, 7) is 1.24. The SMILES string of the molecule is Cl.NC1(C(=O)NCc2ccccc2-c2ccc(Cn3cccn3)cc2)CCCCC1. The van der Waals surface area contributed by atoms with Crippen molar-refractivity contribution in [2.75, 3.05) is 0 Å². The van der Waals surface area contributed by atoms with Gasteiger partial charge < -0.3 is 11.1 Å². The van der Waals surface area contributed by atoms with Crippen molar-refractivity contribution in [2.24, 2.45) is 5.73 Å². The maximum absolute atomic E-state index is 12.7. The van der Waals surface area contributed by atoms with Gasteiger partial charge in [0.05, 0.1) is 12.1 Å². The molecule has 2 aromatic carbocycles. The molecular weight excluding hydrogens is 396 g/mol. The number of halogens is 1. The summed E-state index contributed by atoms with van der Waals surface area (Å²) in [6.07, 6.45) is 8.54. The van der Waals surface area contributed by atoms with E-state index in [2.05, 4.69) is 46.8 Å². The first-order chi connectivity index (χ1) is 14.1. The van der Waals surface area contributed by atoms with Crippen LogP contribution in [-0.4, -0.2) is 21.2 Å². The molecule has 1 saturated carbocycles. The molecule has 0 radical (unpaired) electrons. The van der Waals surface area contributed by atoms with Gasteiger partial charge in [-0.2, -0.15) is 5.10 Å². The molecule has 0 spiro atoms. The van der Waals surface area contributed by atoms with Crippen molar-refractivity contribution in [3.05, 3.63) is 78.1 Å². The largest absolute Gasteiger partial charge is 0.350 e. The van der Waals surface area contributed by atoms with Gasteiger partial charge in [-0.05, 0) is 41.2 Å². The molecule has 1 fully saturated rings. The molecule has 3 N–H and O–H groups in total. The fourth-order valence-electron chi connectivity index (χ4n) is 4.09. The first-order valence-electron chi connectivity index (χ1n) is 10.4. The van der Waals surface area contributed by atoms with E-state index in [0.29, 0.717) is 6.54 Å². The van der Waals surface area contributed by atoms with Gasteiger partial charge in [-0.15, -0.1) is 12.4 Å². The number of amides is 1. The third-order valence-corrected chi connectivity index (χ3v) is 5.82. The summed E-state index contributed by atoms with van der Waals surface area (Å²) in [7, 11) is 0. The van der Waals surface area contributed by atoms with Crippen LogP contribution in [0, 0.1) is 0 Å². The summed E-state index contributed by atoms with van der Waals surface area (Å²) in [6, 6.07) is 18.7. The highest BCUT2D eigenvalue weighted by atomic mass is 35.5. The number of nitrogens with zero attached hydrogens (tertiary/aromatic N) is 2. The summed E-state index contributed by atoms with van der Waals surface area (Å²) in [5.41, 5.74) is 10.2. The molecule has 1 amide bonds. The average molecular weight is 425 g/mol. The summed E-state index contributed by atoms with van der Waals surface area (Å²) in [4.78, 5) is 12.7. The molecule has 1 aromatic heterocycles. The second-order valence-corrected chi connectivity index (χ2v) is 7.96. The molecule has 1 heterocycles. The van der Waals surface area contributed by atoms with Crippen molar-refractivity contribution < 1.29 is 4.79 Å². The van der Waals surface area contributed by atoms with Crippen LogP contribution in [0.2, 0.25) is 0 Å². The highest BCUT2D eigenvalue weighted by Gasteiger charge is 2.34. The van der Waals surface area contributed by atoms with Crippen molar-refractivity contribution in [1.82, 2.24) is 15.1 Å². The van der Waals surface area contributed by atoms with Crippen molar-refractivity contribution in [1.29, 1.82) is 0 Å². The van der Waals surface area contributed by atoms with Gasteiger partial charge in [0.1, 0.15) is 0 Å². The van der Waals surface area contributed by atoms with Crippen LogP contribution in [0.3, 0.4) is 0 Å². The number of rotatable bonds is 6. The summed E-state index contributed by atoms with van der Waals surface area (Å²) >= 11 is 0. The van der Waals surface area contributed by atoms with Crippen LogP contribution in [0.15, 0.2) is 67.0 Å². The molecule has 0 atom stereocenters. The Bertz CT molecular complexity index is 948. The number of carbonyl (C=O) groups is 1. The molecule has 0 bridgehead atoms. The Balaban J connectivity index is 0.00000256. The van der Waals surface area contributed by atoms with Gasteiger partial charge in [0.2, 0.25) is 5.91 Å². The second kappa shape index (κ2) is 9.92. The zero-order valence-corrected chi connectivity index (χ0v) is 17.9. The number of nitrogens with one attached hydrogen (secondary N) is 1. The van der Waals surface area contributed by atoms with E-state index < -0.39 is 5.54 Å². The smallest absolute Gasteiger partial charge is 0.240 e.